The van der Waals surface area contributed by atoms with Gasteiger partial charge in [-0.15, -0.1) is 11.3 Å². The van der Waals surface area contributed by atoms with Gasteiger partial charge in [0.1, 0.15) is 0 Å². The summed E-state index contributed by atoms with van der Waals surface area (Å²) in [5.41, 5.74) is 0.571. The Labute approximate surface area is 139 Å². The molecule has 0 bridgehead atoms. The van der Waals surface area contributed by atoms with E-state index in [4.69, 9.17) is 23.2 Å². The Balaban J connectivity index is 1.85. The molecule has 0 spiro atoms. The number of rotatable bonds is 2. The summed E-state index contributed by atoms with van der Waals surface area (Å²) in [7, 11) is 0. The van der Waals surface area contributed by atoms with E-state index in [-0.39, 0.29) is 5.91 Å². The number of nitrogens with zero attached hydrogens (tertiary/aromatic N) is 1. The van der Waals surface area contributed by atoms with Gasteiger partial charge in [-0.25, -0.2) is 4.99 Å². The van der Waals surface area contributed by atoms with Crippen LogP contribution in [0.2, 0.25) is 10.0 Å². The van der Waals surface area contributed by atoms with E-state index in [1.165, 1.54) is 11.8 Å². The second-order valence-electron chi connectivity index (χ2n) is 4.09. The fourth-order valence-electron chi connectivity index (χ4n) is 1.66. The smallest absolute Gasteiger partial charge is 0.264 e. The molecule has 3 rings (SSSR count). The van der Waals surface area contributed by atoms with E-state index in [2.05, 4.69) is 10.3 Å². The lowest BCUT2D eigenvalue weighted by molar-refractivity contribution is -0.115. The summed E-state index contributed by atoms with van der Waals surface area (Å²) in [6, 6.07) is 8.93. The molecule has 7 heteroatoms. The van der Waals surface area contributed by atoms with Crippen molar-refractivity contribution in [3.05, 3.63) is 55.5 Å². The molecule has 0 unspecified atom stereocenters. The minimum atomic E-state index is -0.155. The Morgan fingerprint density at radius 1 is 1.24 bits per heavy atom. The predicted molar refractivity (Wildman–Crippen MR) is 91.6 cm³/mol. The molecule has 1 aliphatic heterocycles. The maximum absolute atomic E-state index is 11.9. The fraction of sp³-hybridized carbons (Fsp3) is 0. The number of amidine groups is 1. The summed E-state index contributed by atoms with van der Waals surface area (Å²) in [4.78, 5) is 17.9. The van der Waals surface area contributed by atoms with Crippen molar-refractivity contribution in [1.82, 2.24) is 5.32 Å². The van der Waals surface area contributed by atoms with Crippen molar-refractivity contribution in [1.29, 1.82) is 0 Å². The van der Waals surface area contributed by atoms with E-state index < -0.39 is 0 Å². The Bertz CT molecular complexity index is 754. The van der Waals surface area contributed by atoms with E-state index >= 15 is 0 Å². The normalized spacial score (nSPS) is 18.5. The Morgan fingerprint density at radius 3 is 2.81 bits per heavy atom. The molecule has 0 saturated carbocycles. The van der Waals surface area contributed by atoms with Crippen molar-refractivity contribution in [3.8, 4) is 0 Å². The highest BCUT2D eigenvalue weighted by Crippen LogP contribution is 2.32. The molecule has 1 aliphatic rings. The Morgan fingerprint density at radius 2 is 2.10 bits per heavy atom. The summed E-state index contributed by atoms with van der Waals surface area (Å²) in [6.07, 6.45) is 1.84. The first-order chi connectivity index (χ1) is 10.1. The average Bonchev–Trinajstić information content (AvgIpc) is 3.04. The zero-order chi connectivity index (χ0) is 14.8. The summed E-state index contributed by atoms with van der Waals surface area (Å²) < 4.78 is 0. The lowest BCUT2D eigenvalue weighted by Crippen LogP contribution is -2.19. The van der Waals surface area contributed by atoms with Crippen LogP contribution in [-0.4, -0.2) is 11.1 Å². The Kier molecular flexibility index (Phi) is 4.35. The van der Waals surface area contributed by atoms with Gasteiger partial charge in [0.05, 0.1) is 15.6 Å². The van der Waals surface area contributed by atoms with E-state index in [0.29, 0.717) is 25.8 Å². The van der Waals surface area contributed by atoms with Gasteiger partial charge >= 0.3 is 0 Å². The molecule has 0 aliphatic carbocycles. The summed E-state index contributed by atoms with van der Waals surface area (Å²) in [6.45, 7) is 0. The van der Waals surface area contributed by atoms with Crippen LogP contribution in [0.1, 0.15) is 4.88 Å². The molecule has 3 nitrogen and oxygen atoms in total. The average molecular weight is 355 g/mol. The van der Waals surface area contributed by atoms with Crippen molar-refractivity contribution < 1.29 is 4.79 Å². The zero-order valence-electron chi connectivity index (χ0n) is 10.5. The number of halogens is 2. The molecule has 1 fully saturated rings. The number of carbonyl (C=O) groups excluding carboxylic acids is 1. The van der Waals surface area contributed by atoms with Crippen LogP contribution in [-0.2, 0) is 4.79 Å². The van der Waals surface area contributed by atoms with Crippen molar-refractivity contribution in [2.24, 2.45) is 4.99 Å². The molecule has 1 aromatic heterocycles. The predicted octanol–water partition coefficient (Wildman–Crippen LogP) is 4.95. The first-order valence-corrected chi connectivity index (χ1v) is 8.35. The van der Waals surface area contributed by atoms with Crippen molar-refractivity contribution in [3.63, 3.8) is 0 Å². The van der Waals surface area contributed by atoms with Crippen LogP contribution >= 0.6 is 46.3 Å². The first-order valence-electron chi connectivity index (χ1n) is 5.90. The molecule has 1 amide bonds. The van der Waals surface area contributed by atoms with Crippen LogP contribution < -0.4 is 5.32 Å². The second kappa shape index (κ2) is 6.23. The first kappa shape index (κ1) is 14.7. The highest BCUT2D eigenvalue weighted by atomic mass is 35.5. The monoisotopic (exact) mass is 354 g/mol. The van der Waals surface area contributed by atoms with Gasteiger partial charge in [0, 0.05) is 9.90 Å². The van der Waals surface area contributed by atoms with Crippen LogP contribution in [0.15, 0.2) is 45.6 Å². The van der Waals surface area contributed by atoms with Gasteiger partial charge in [-0.05, 0) is 47.5 Å². The molecule has 106 valence electrons. The molecule has 2 heterocycles. The fourth-order valence-corrected chi connectivity index (χ4v) is 3.67. The number of nitrogens with one attached hydrogen (secondary N) is 1. The number of hydrogen-bond donors (Lipinski definition) is 1. The molecular weight excluding hydrogens is 347 g/mol. The van der Waals surface area contributed by atoms with E-state index in [0.717, 1.165) is 4.88 Å². The quantitative estimate of drug-likeness (QED) is 0.775. The summed E-state index contributed by atoms with van der Waals surface area (Å²) >= 11 is 14.8. The molecule has 1 saturated heterocycles. The number of aliphatic imine (C=N–C) groups is 1. The summed E-state index contributed by atoms with van der Waals surface area (Å²) in [5.74, 6) is -0.155. The van der Waals surface area contributed by atoms with Gasteiger partial charge in [-0.2, -0.15) is 0 Å². The highest BCUT2D eigenvalue weighted by Gasteiger charge is 2.24. The third-order valence-electron chi connectivity index (χ3n) is 2.60. The molecule has 0 radical (unpaired) electrons. The van der Waals surface area contributed by atoms with Crippen LogP contribution in [0.25, 0.3) is 6.08 Å². The second-order valence-corrected chi connectivity index (χ2v) is 6.95. The lowest BCUT2D eigenvalue weighted by Gasteiger charge is -1.99. The van der Waals surface area contributed by atoms with Gasteiger partial charge < -0.3 is 5.32 Å². The van der Waals surface area contributed by atoms with Crippen LogP contribution in [0.4, 0.5) is 5.69 Å². The SMILES string of the molecule is O=C1NC(=Nc2ccc(Cl)cc2Cl)S/C1=C/c1cccs1. The standard InChI is InChI=1S/C14H8Cl2N2OS2/c15-8-3-4-11(10(16)6-8)17-14-18-13(19)12(21-14)7-9-2-1-5-20-9/h1-7H,(H,17,18,19)/b12-7+. The van der Waals surface area contributed by atoms with Gasteiger partial charge in [0.15, 0.2) is 5.17 Å². The number of carbonyl (C=O) groups is 1. The molecule has 21 heavy (non-hydrogen) atoms. The van der Waals surface area contributed by atoms with E-state index in [1.807, 2.05) is 23.6 Å². The maximum Gasteiger partial charge on any atom is 0.264 e. The van der Waals surface area contributed by atoms with Gasteiger partial charge in [0.2, 0.25) is 0 Å². The largest absolute Gasteiger partial charge is 0.300 e. The maximum atomic E-state index is 11.9. The van der Waals surface area contributed by atoms with Crippen LogP contribution in [0, 0.1) is 0 Å². The molecule has 0 atom stereocenters. The van der Waals surface area contributed by atoms with Crippen molar-refractivity contribution in [2.75, 3.05) is 0 Å². The third-order valence-corrected chi connectivity index (χ3v) is 4.87. The number of amides is 1. The van der Waals surface area contributed by atoms with Gasteiger partial charge in [-0.1, -0.05) is 29.3 Å². The van der Waals surface area contributed by atoms with Crippen molar-refractivity contribution >= 4 is 69.1 Å². The molecule has 1 aromatic carbocycles. The van der Waals surface area contributed by atoms with E-state index in [9.17, 15) is 4.79 Å². The molecule has 1 N–H and O–H groups in total. The number of benzene rings is 1. The van der Waals surface area contributed by atoms with Gasteiger partial charge in [0.25, 0.3) is 5.91 Å². The number of thiophene rings is 1. The minimum Gasteiger partial charge on any atom is -0.300 e. The van der Waals surface area contributed by atoms with Gasteiger partial charge in [-0.3, -0.25) is 4.79 Å². The zero-order valence-corrected chi connectivity index (χ0v) is 13.6. The number of thioether (sulfide) groups is 1. The van der Waals surface area contributed by atoms with Crippen LogP contribution in [0.5, 0.6) is 0 Å². The lowest BCUT2D eigenvalue weighted by atomic mass is 10.3. The van der Waals surface area contributed by atoms with Crippen molar-refractivity contribution in [2.45, 2.75) is 0 Å². The van der Waals surface area contributed by atoms with E-state index in [1.54, 1.807) is 29.5 Å². The number of hydrogen-bond acceptors (Lipinski definition) is 4. The molecular formula is C14H8Cl2N2OS2. The Hall–Kier alpha value is -1.27. The minimum absolute atomic E-state index is 0.155. The topological polar surface area (TPSA) is 41.5 Å². The van der Waals surface area contributed by atoms with Crippen LogP contribution in [0.3, 0.4) is 0 Å². The highest BCUT2D eigenvalue weighted by molar-refractivity contribution is 8.18. The third kappa shape index (κ3) is 3.49. The molecule has 2 aromatic rings. The summed E-state index contributed by atoms with van der Waals surface area (Å²) in [5, 5.41) is 6.19.